The molecule has 1 radical (unpaired) electrons. The third-order valence-corrected chi connectivity index (χ3v) is 4.42. The van der Waals surface area contributed by atoms with Crippen molar-refractivity contribution < 1.29 is 14.5 Å². The van der Waals surface area contributed by atoms with Gasteiger partial charge >= 0.3 is 7.48 Å². The first-order chi connectivity index (χ1) is 10.3. The van der Waals surface area contributed by atoms with Crippen LogP contribution in [0.15, 0.2) is 24.3 Å². The van der Waals surface area contributed by atoms with Crippen LogP contribution < -0.4 is 5.46 Å². The van der Waals surface area contributed by atoms with Crippen LogP contribution >= 0.6 is 0 Å². The summed E-state index contributed by atoms with van der Waals surface area (Å²) in [5.41, 5.74) is 0.727. The van der Waals surface area contributed by atoms with Crippen LogP contribution in [0.3, 0.4) is 0 Å². The molecule has 121 valence electrons. The summed E-state index contributed by atoms with van der Waals surface area (Å²) in [6.45, 7) is 11.8. The number of nitrogens with zero attached hydrogens (tertiary/aromatic N) is 1. The van der Waals surface area contributed by atoms with Gasteiger partial charge in [0, 0.05) is 19.6 Å². The number of morpholine rings is 1. The monoisotopic (exact) mass is 304 g/mol. The zero-order chi connectivity index (χ0) is 16.2. The first-order valence-electron chi connectivity index (χ1n) is 7.90. The Balaban J connectivity index is 1.93. The van der Waals surface area contributed by atoms with Crippen molar-refractivity contribution in [3.05, 3.63) is 29.8 Å². The number of rotatable bonds is 6. The van der Waals surface area contributed by atoms with Gasteiger partial charge in [0.2, 0.25) is 0 Å². The van der Waals surface area contributed by atoms with E-state index in [1.807, 2.05) is 26.0 Å². The van der Waals surface area contributed by atoms with Crippen LogP contribution in [0.25, 0.3) is 0 Å². The van der Waals surface area contributed by atoms with Gasteiger partial charge in [-0.15, -0.1) is 0 Å². The highest BCUT2D eigenvalue weighted by atomic mass is 16.5. The molecule has 0 aromatic heterocycles. The summed E-state index contributed by atoms with van der Waals surface area (Å²) in [5, 5.41) is 10.1. The molecule has 22 heavy (non-hydrogen) atoms. The standard InChI is InChI=1S/C17H27BNO3/c1-16(2,20)17(3,4)22-18-15-7-5-6-14(12-15)13-19-8-10-21-11-9-19/h5-7,12,20H,8-11,13H2,1-4H3. The quantitative estimate of drug-likeness (QED) is 0.805. The summed E-state index contributed by atoms with van der Waals surface area (Å²) in [6.07, 6.45) is 0. The number of ether oxygens (including phenoxy) is 1. The van der Waals surface area contributed by atoms with Crippen LogP contribution in [0.5, 0.6) is 0 Å². The molecule has 0 spiro atoms. The normalized spacial score (nSPS) is 17.5. The zero-order valence-corrected chi connectivity index (χ0v) is 14.1. The molecule has 0 unspecified atom stereocenters. The molecular weight excluding hydrogens is 277 g/mol. The minimum Gasteiger partial charge on any atom is -0.427 e. The summed E-state index contributed by atoms with van der Waals surface area (Å²) >= 11 is 0. The highest BCUT2D eigenvalue weighted by molar-refractivity contribution is 6.47. The van der Waals surface area contributed by atoms with Gasteiger partial charge in [-0.3, -0.25) is 4.90 Å². The summed E-state index contributed by atoms with van der Waals surface area (Å²) in [5.74, 6) is 0. The van der Waals surface area contributed by atoms with E-state index >= 15 is 0 Å². The molecule has 0 atom stereocenters. The van der Waals surface area contributed by atoms with Crippen LogP contribution in [0, 0.1) is 0 Å². The lowest BCUT2D eigenvalue weighted by Gasteiger charge is -2.37. The fraction of sp³-hybridized carbons (Fsp3) is 0.647. The molecule has 5 heteroatoms. The van der Waals surface area contributed by atoms with Crippen LogP contribution in [-0.2, 0) is 15.9 Å². The number of benzene rings is 1. The van der Waals surface area contributed by atoms with E-state index in [2.05, 4.69) is 17.0 Å². The SMILES string of the molecule is CC(C)(O)C(C)(C)O[B]c1cccc(CN2CCOCC2)c1. The predicted octanol–water partition coefficient (Wildman–Crippen LogP) is 1.33. The van der Waals surface area contributed by atoms with Gasteiger partial charge in [0.15, 0.2) is 0 Å². The predicted molar refractivity (Wildman–Crippen MR) is 89.4 cm³/mol. The van der Waals surface area contributed by atoms with Crippen molar-refractivity contribution in [1.82, 2.24) is 4.90 Å². The molecule has 0 amide bonds. The van der Waals surface area contributed by atoms with Crippen LogP contribution in [0.1, 0.15) is 33.3 Å². The Morgan fingerprint density at radius 1 is 1.23 bits per heavy atom. The van der Waals surface area contributed by atoms with Crippen LogP contribution in [-0.4, -0.2) is 55.0 Å². The van der Waals surface area contributed by atoms with Crippen molar-refractivity contribution in [1.29, 1.82) is 0 Å². The number of hydrogen-bond acceptors (Lipinski definition) is 4. The van der Waals surface area contributed by atoms with Crippen molar-refractivity contribution in [3.63, 3.8) is 0 Å². The molecule has 0 aliphatic carbocycles. The largest absolute Gasteiger partial charge is 0.427 e. The lowest BCUT2D eigenvalue weighted by atomic mass is 9.82. The van der Waals surface area contributed by atoms with Gasteiger partial charge in [0.1, 0.15) is 0 Å². The number of hydrogen-bond donors (Lipinski definition) is 1. The molecule has 1 aromatic rings. The average molecular weight is 304 g/mol. The molecule has 0 bridgehead atoms. The summed E-state index contributed by atoms with van der Waals surface area (Å²) < 4.78 is 11.2. The molecular formula is C17H27BNO3. The van der Waals surface area contributed by atoms with Crippen molar-refractivity contribution in [2.45, 2.75) is 45.4 Å². The van der Waals surface area contributed by atoms with Crippen molar-refractivity contribution in [2.75, 3.05) is 26.3 Å². The highest BCUT2D eigenvalue weighted by Gasteiger charge is 2.35. The Hall–Kier alpha value is -0.875. The van der Waals surface area contributed by atoms with Crippen molar-refractivity contribution >= 4 is 12.9 Å². The maximum atomic E-state index is 10.1. The molecule has 4 nitrogen and oxygen atoms in total. The van der Waals surface area contributed by atoms with E-state index in [-0.39, 0.29) is 0 Å². The Morgan fingerprint density at radius 2 is 1.91 bits per heavy atom. The van der Waals surface area contributed by atoms with E-state index in [4.69, 9.17) is 9.39 Å². The molecule has 1 heterocycles. The topological polar surface area (TPSA) is 41.9 Å². The molecule has 1 aromatic carbocycles. The third-order valence-electron chi connectivity index (χ3n) is 4.42. The minimum atomic E-state index is -0.908. The summed E-state index contributed by atoms with van der Waals surface area (Å²) in [4.78, 5) is 2.39. The molecule has 1 saturated heterocycles. The molecule has 1 fully saturated rings. The van der Waals surface area contributed by atoms with Crippen molar-refractivity contribution in [2.24, 2.45) is 0 Å². The summed E-state index contributed by atoms with van der Waals surface area (Å²) in [6, 6.07) is 8.33. The molecule has 0 saturated carbocycles. The second-order valence-corrected chi connectivity index (χ2v) is 6.94. The van der Waals surface area contributed by atoms with E-state index in [1.54, 1.807) is 21.3 Å². The fourth-order valence-electron chi connectivity index (χ4n) is 2.14. The lowest BCUT2D eigenvalue weighted by Crippen LogP contribution is -2.49. The second kappa shape index (κ2) is 7.13. The molecule has 2 rings (SSSR count). The van der Waals surface area contributed by atoms with Gasteiger partial charge in [0.05, 0.1) is 24.4 Å². The number of aliphatic hydroxyl groups is 1. The third kappa shape index (κ3) is 4.81. The fourth-order valence-corrected chi connectivity index (χ4v) is 2.14. The summed E-state index contributed by atoms with van der Waals surface area (Å²) in [7, 11) is 1.74. The minimum absolute atomic E-state index is 0.646. The van der Waals surface area contributed by atoms with Crippen LogP contribution in [0.4, 0.5) is 0 Å². The first-order valence-corrected chi connectivity index (χ1v) is 7.90. The average Bonchev–Trinajstić information content (AvgIpc) is 2.46. The molecule has 1 aliphatic rings. The van der Waals surface area contributed by atoms with Gasteiger partial charge in [-0.05, 0) is 33.3 Å². The smallest absolute Gasteiger partial charge is 0.330 e. The molecule has 1 N–H and O–H groups in total. The van der Waals surface area contributed by atoms with Gasteiger partial charge < -0.3 is 14.5 Å². The Bertz CT molecular complexity index is 479. The molecule has 1 aliphatic heterocycles. The van der Waals surface area contributed by atoms with E-state index in [9.17, 15) is 5.11 Å². The lowest BCUT2D eigenvalue weighted by molar-refractivity contribution is -0.0893. The first kappa shape index (κ1) is 17.5. The maximum Gasteiger partial charge on any atom is 0.330 e. The van der Waals surface area contributed by atoms with E-state index < -0.39 is 11.2 Å². The van der Waals surface area contributed by atoms with Gasteiger partial charge in [0.25, 0.3) is 0 Å². The Morgan fingerprint density at radius 3 is 2.55 bits per heavy atom. The Kier molecular flexibility index (Phi) is 5.67. The highest BCUT2D eigenvalue weighted by Crippen LogP contribution is 2.24. The Labute approximate surface area is 134 Å². The van der Waals surface area contributed by atoms with E-state index in [0.717, 1.165) is 38.3 Å². The van der Waals surface area contributed by atoms with E-state index in [1.165, 1.54) is 5.56 Å². The van der Waals surface area contributed by atoms with Gasteiger partial charge in [-0.2, -0.15) is 0 Å². The van der Waals surface area contributed by atoms with Crippen molar-refractivity contribution in [3.8, 4) is 0 Å². The van der Waals surface area contributed by atoms with E-state index in [0.29, 0.717) is 0 Å². The zero-order valence-electron chi connectivity index (χ0n) is 14.1. The van der Waals surface area contributed by atoms with Crippen LogP contribution in [0.2, 0.25) is 0 Å². The second-order valence-electron chi connectivity index (χ2n) is 6.94. The maximum absolute atomic E-state index is 10.1. The van der Waals surface area contributed by atoms with Gasteiger partial charge in [-0.25, -0.2) is 0 Å². The van der Waals surface area contributed by atoms with Gasteiger partial charge in [-0.1, -0.05) is 29.7 Å².